The van der Waals surface area contributed by atoms with Crippen molar-refractivity contribution in [3.63, 3.8) is 0 Å². The summed E-state index contributed by atoms with van der Waals surface area (Å²) in [6.07, 6.45) is 3.72. The van der Waals surface area contributed by atoms with Crippen LogP contribution < -0.4 is 5.73 Å². The molecule has 2 aliphatic rings. The highest BCUT2D eigenvalue weighted by Crippen LogP contribution is 2.32. The van der Waals surface area contributed by atoms with E-state index in [1.807, 2.05) is 4.90 Å². The largest absolute Gasteiger partial charge is 0.388 e. The summed E-state index contributed by atoms with van der Waals surface area (Å²) in [5.74, 6) is 0.528. The van der Waals surface area contributed by atoms with Gasteiger partial charge in [-0.15, -0.1) is 0 Å². The summed E-state index contributed by atoms with van der Waals surface area (Å²) in [7, 11) is 0. The smallest absolute Gasteiger partial charge is 0.226 e. The molecule has 4 atom stereocenters. The molecule has 4 heteroatoms. The minimum absolute atomic E-state index is 0.0626. The van der Waals surface area contributed by atoms with Crippen LogP contribution in [0, 0.1) is 11.8 Å². The Morgan fingerprint density at radius 2 is 2.18 bits per heavy atom. The minimum Gasteiger partial charge on any atom is -0.388 e. The molecule has 2 fully saturated rings. The van der Waals surface area contributed by atoms with E-state index in [4.69, 9.17) is 5.73 Å². The van der Waals surface area contributed by atoms with E-state index in [1.54, 1.807) is 6.92 Å². The summed E-state index contributed by atoms with van der Waals surface area (Å²) in [6.45, 7) is 5.05. The first kappa shape index (κ1) is 12.8. The lowest BCUT2D eigenvalue weighted by Crippen LogP contribution is -2.46. The number of rotatable bonds is 1. The van der Waals surface area contributed by atoms with Crippen LogP contribution in [0.5, 0.6) is 0 Å². The SMILES string of the molecule is CC1C(N)CCCC1C(=O)N1CCC(C)(O)C1. The van der Waals surface area contributed by atoms with Gasteiger partial charge in [0.2, 0.25) is 5.91 Å². The third-order valence-electron chi connectivity index (χ3n) is 4.44. The molecule has 0 spiro atoms. The lowest BCUT2D eigenvalue weighted by atomic mass is 9.76. The van der Waals surface area contributed by atoms with Crippen molar-refractivity contribution < 1.29 is 9.90 Å². The molecule has 1 heterocycles. The molecule has 0 aromatic heterocycles. The van der Waals surface area contributed by atoms with Crippen molar-refractivity contribution in [1.82, 2.24) is 4.90 Å². The molecule has 1 saturated carbocycles. The van der Waals surface area contributed by atoms with E-state index >= 15 is 0 Å². The van der Waals surface area contributed by atoms with Gasteiger partial charge in [-0.05, 0) is 32.1 Å². The molecular formula is C13H24N2O2. The van der Waals surface area contributed by atoms with Crippen LogP contribution in [0.4, 0.5) is 0 Å². The molecule has 0 aromatic carbocycles. The third kappa shape index (κ3) is 2.63. The summed E-state index contributed by atoms with van der Waals surface area (Å²) in [6, 6.07) is 0.154. The number of likely N-dealkylation sites (tertiary alicyclic amines) is 1. The standard InChI is InChI=1S/C13H24N2O2/c1-9-10(4-3-5-11(9)14)12(16)15-7-6-13(2,17)8-15/h9-11,17H,3-8,14H2,1-2H3. The van der Waals surface area contributed by atoms with Gasteiger partial charge < -0.3 is 15.7 Å². The van der Waals surface area contributed by atoms with E-state index in [-0.39, 0.29) is 23.8 Å². The molecule has 4 nitrogen and oxygen atoms in total. The fraction of sp³-hybridized carbons (Fsp3) is 0.923. The summed E-state index contributed by atoms with van der Waals surface area (Å²) in [5, 5.41) is 9.91. The third-order valence-corrected chi connectivity index (χ3v) is 4.44. The molecular weight excluding hydrogens is 216 g/mol. The molecule has 1 aliphatic carbocycles. The quantitative estimate of drug-likeness (QED) is 0.710. The maximum atomic E-state index is 12.4. The highest BCUT2D eigenvalue weighted by atomic mass is 16.3. The summed E-state index contributed by atoms with van der Waals surface area (Å²) in [4.78, 5) is 14.2. The van der Waals surface area contributed by atoms with Crippen LogP contribution in [0.25, 0.3) is 0 Å². The van der Waals surface area contributed by atoms with Gasteiger partial charge in [0.25, 0.3) is 0 Å². The predicted molar refractivity (Wildman–Crippen MR) is 66.3 cm³/mol. The fourth-order valence-corrected chi connectivity index (χ4v) is 3.11. The van der Waals surface area contributed by atoms with Crippen LogP contribution >= 0.6 is 0 Å². The van der Waals surface area contributed by atoms with E-state index in [2.05, 4.69) is 6.92 Å². The summed E-state index contributed by atoms with van der Waals surface area (Å²) >= 11 is 0. The predicted octanol–water partition coefficient (Wildman–Crippen LogP) is 0.733. The van der Waals surface area contributed by atoms with E-state index < -0.39 is 5.60 Å². The first-order valence-electron chi connectivity index (χ1n) is 6.67. The van der Waals surface area contributed by atoms with Gasteiger partial charge in [-0.1, -0.05) is 13.3 Å². The Labute approximate surface area is 103 Å². The second-order valence-corrected chi connectivity index (χ2v) is 6.07. The molecule has 17 heavy (non-hydrogen) atoms. The van der Waals surface area contributed by atoms with Gasteiger partial charge >= 0.3 is 0 Å². The van der Waals surface area contributed by atoms with Crippen molar-refractivity contribution in [2.75, 3.05) is 13.1 Å². The average molecular weight is 240 g/mol. The molecule has 0 radical (unpaired) electrons. The van der Waals surface area contributed by atoms with Crippen molar-refractivity contribution in [2.24, 2.45) is 17.6 Å². The lowest BCUT2D eigenvalue weighted by molar-refractivity contribution is -0.138. The summed E-state index contributed by atoms with van der Waals surface area (Å²) in [5.41, 5.74) is 5.34. The number of hydrogen-bond acceptors (Lipinski definition) is 3. The molecule has 3 N–H and O–H groups in total. The first-order valence-corrected chi connectivity index (χ1v) is 6.67. The van der Waals surface area contributed by atoms with Crippen LogP contribution in [0.2, 0.25) is 0 Å². The molecule has 0 aromatic rings. The topological polar surface area (TPSA) is 66.6 Å². The Hall–Kier alpha value is -0.610. The molecule has 0 bridgehead atoms. The van der Waals surface area contributed by atoms with Crippen LogP contribution in [0.1, 0.15) is 39.5 Å². The second kappa shape index (κ2) is 4.58. The van der Waals surface area contributed by atoms with Gasteiger partial charge in [-0.3, -0.25) is 4.79 Å². The molecule has 1 amide bonds. The van der Waals surface area contributed by atoms with E-state index in [0.717, 1.165) is 19.3 Å². The number of aliphatic hydroxyl groups is 1. The van der Waals surface area contributed by atoms with Crippen LogP contribution in [0.3, 0.4) is 0 Å². The van der Waals surface area contributed by atoms with Gasteiger partial charge in [0.1, 0.15) is 0 Å². The van der Waals surface area contributed by atoms with Crippen molar-refractivity contribution in [2.45, 2.75) is 51.2 Å². The Bertz CT molecular complexity index is 304. The van der Waals surface area contributed by atoms with Crippen molar-refractivity contribution >= 4 is 5.91 Å². The zero-order valence-electron chi connectivity index (χ0n) is 10.9. The minimum atomic E-state index is -0.699. The molecule has 4 unspecified atom stereocenters. The first-order chi connectivity index (χ1) is 7.91. The number of hydrogen-bond donors (Lipinski definition) is 2. The Morgan fingerprint density at radius 1 is 1.47 bits per heavy atom. The van der Waals surface area contributed by atoms with Crippen molar-refractivity contribution in [3.8, 4) is 0 Å². The fourth-order valence-electron chi connectivity index (χ4n) is 3.11. The Kier molecular flexibility index (Phi) is 3.46. The number of carbonyl (C=O) groups is 1. The normalized spacial score (nSPS) is 42.8. The van der Waals surface area contributed by atoms with Gasteiger partial charge in [-0.2, -0.15) is 0 Å². The number of amides is 1. The van der Waals surface area contributed by atoms with E-state index in [1.165, 1.54) is 0 Å². The van der Waals surface area contributed by atoms with Crippen LogP contribution in [-0.2, 0) is 4.79 Å². The van der Waals surface area contributed by atoms with Crippen LogP contribution in [0.15, 0.2) is 0 Å². The maximum Gasteiger partial charge on any atom is 0.226 e. The van der Waals surface area contributed by atoms with Crippen molar-refractivity contribution in [3.05, 3.63) is 0 Å². The summed E-state index contributed by atoms with van der Waals surface area (Å²) < 4.78 is 0. The Balaban J connectivity index is 2.00. The number of nitrogens with two attached hydrogens (primary N) is 1. The van der Waals surface area contributed by atoms with Gasteiger partial charge in [0.05, 0.1) is 5.60 Å². The highest BCUT2D eigenvalue weighted by Gasteiger charge is 2.40. The van der Waals surface area contributed by atoms with E-state index in [0.29, 0.717) is 19.5 Å². The van der Waals surface area contributed by atoms with E-state index in [9.17, 15) is 9.90 Å². The monoisotopic (exact) mass is 240 g/mol. The van der Waals surface area contributed by atoms with Crippen molar-refractivity contribution in [1.29, 1.82) is 0 Å². The van der Waals surface area contributed by atoms with Crippen LogP contribution in [-0.4, -0.2) is 40.6 Å². The zero-order chi connectivity index (χ0) is 12.6. The molecule has 1 aliphatic heterocycles. The molecule has 2 rings (SSSR count). The lowest BCUT2D eigenvalue weighted by Gasteiger charge is -2.35. The van der Waals surface area contributed by atoms with Gasteiger partial charge in [0.15, 0.2) is 0 Å². The molecule has 98 valence electrons. The number of nitrogens with zero attached hydrogens (tertiary/aromatic N) is 1. The van der Waals surface area contributed by atoms with Gasteiger partial charge in [0, 0.05) is 25.0 Å². The zero-order valence-corrected chi connectivity index (χ0v) is 10.9. The molecule has 1 saturated heterocycles. The maximum absolute atomic E-state index is 12.4. The second-order valence-electron chi connectivity index (χ2n) is 6.07. The Morgan fingerprint density at radius 3 is 2.76 bits per heavy atom. The van der Waals surface area contributed by atoms with Gasteiger partial charge in [-0.25, -0.2) is 0 Å². The number of carbonyl (C=O) groups excluding carboxylic acids is 1. The average Bonchev–Trinajstić information content (AvgIpc) is 2.62. The highest BCUT2D eigenvalue weighted by molar-refractivity contribution is 5.79. The number of β-amino-alcohol motifs (C(OH)–C–C–N with tert-alkyl or cyclic N) is 1.